The molecule has 0 bridgehead atoms. The molecule has 3 heteroatoms. The van der Waals surface area contributed by atoms with Gasteiger partial charge >= 0.3 is 5.97 Å². The lowest BCUT2D eigenvalue weighted by molar-refractivity contribution is -0.700. The Hall–Kier alpha value is -1.38. The number of aryl methyl sites for hydroxylation is 1. The van der Waals surface area contributed by atoms with Crippen LogP contribution in [-0.4, -0.2) is 11.1 Å². The molecule has 0 amide bonds. The van der Waals surface area contributed by atoms with Crippen LogP contribution in [0.15, 0.2) is 18.3 Å². The van der Waals surface area contributed by atoms with Gasteiger partial charge in [-0.05, 0) is 13.0 Å². The third-order valence-electron chi connectivity index (χ3n) is 2.09. The van der Waals surface area contributed by atoms with Crippen molar-refractivity contribution < 1.29 is 14.5 Å². The third-order valence-corrected chi connectivity index (χ3v) is 2.09. The lowest BCUT2D eigenvalue weighted by atomic mass is 10.1. The fourth-order valence-corrected chi connectivity index (χ4v) is 1.47. The van der Waals surface area contributed by atoms with E-state index in [1.54, 1.807) is 12.1 Å². The van der Waals surface area contributed by atoms with Crippen LogP contribution in [-0.2, 0) is 13.0 Å². The zero-order valence-electron chi connectivity index (χ0n) is 7.95. The van der Waals surface area contributed by atoms with Crippen LogP contribution in [0.4, 0.5) is 0 Å². The van der Waals surface area contributed by atoms with Gasteiger partial charge in [0.1, 0.15) is 12.1 Å². The lowest BCUT2D eigenvalue weighted by Gasteiger charge is -2.02. The molecule has 1 N–H and O–H groups in total. The minimum absolute atomic E-state index is 0.409. The van der Waals surface area contributed by atoms with Gasteiger partial charge in [-0.25, -0.2) is 9.36 Å². The Balaban J connectivity index is 3.27. The summed E-state index contributed by atoms with van der Waals surface area (Å²) in [5.41, 5.74) is 1.30. The number of aromatic nitrogens is 1. The van der Waals surface area contributed by atoms with E-state index in [0.717, 1.165) is 18.7 Å². The molecule has 1 aromatic heterocycles. The normalized spacial score (nSPS) is 10.0. The molecule has 0 atom stereocenters. The molecule has 0 aromatic carbocycles. The summed E-state index contributed by atoms with van der Waals surface area (Å²) in [5, 5.41) is 8.90. The highest BCUT2D eigenvalue weighted by Crippen LogP contribution is 2.04. The third kappa shape index (κ3) is 1.86. The van der Waals surface area contributed by atoms with Crippen molar-refractivity contribution in [1.29, 1.82) is 0 Å². The second-order valence-electron chi connectivity index (χ2n) is 2.81. The highest BCUT2D eigenvalue weighted by molar-refractivity contribution is 5.88. The van der Waals surface area contributed by atoms with Crippen molar-refractivity contribution in [2.24, 2.45) is 0 Å². The summed E-state index contributed by atoms with van der Waals surface area (Å²) < 4.78 is 1.96. The molecule has 0 radical (unpaired) electrons. The molecule has 0 fully saturated rings. The average molecular weight is 180 g/mol. The van der Waals surface area contributed by atoms with Crippen molar-refractivity contribution in [1.82, 2.24) is 0 Å². The number of pyridine rings is 1. The van der Waals surface area contributed by atoms with Gasteiger partial charge < -0.3 is 5.11 Å². The van der Waals surface area contributed by atoms with Crippen molar-refractivity contribution in [2.75, 3.05) is 0 Å². The van der Waals surface area contributed by atoms with Crippen molar-refractivity contribution in [3.63, 3.8) is 0 Å². The van der Waals surface area contributed by atoms with Crippen LogP contribution < -0.4 is 4.57 Å². The highest BCUT2D eigenvalue weighted by atomic mass is 16.4. The first kappa shape index (κ1) is 9.71. The van der Waals surface area contributed by atoms with E-state index in [1.165, 1.54) is 0 Å². The number of hydrogen-bond donors (Lipinski definition) is 1. The van der Waals surface area contributed by atoms with Crippen LogP contribution in [0.5, 0.6) is 0 Å². The molecule has 0 spiro atoms. The Morgan fingerprint density at radius 3 is 2.69 bits per heavy atom. The van der Waals surface area contributed by atoms with Crippen LogP contribution in [0, 0.1) is 0 Å². The zero-order chi connectivity index (χ0) is 9.84. The summed E-state index contributed by atoms with van der Waals surface area (Å²) in [7, 11) is 0. The molecule has 0 aliphatic heterocycles. The van der Waals surface area contributed by atoms with Crippen LogP contribution >= 0.6 is 0 Å². The summed E-state index contributed by atoms with van der Waals surface area (Å²) in [4.78, 5) is 10.8. The molecule has 0 saturated heterocycles. The average Bonchev–Trinajstić information content (AvgIpc) is 2.16. The predicted octanol–water partition coefficient (Wildman–Crippen LogP) is 1.25. The number of rotatable bonds is 3. The van der Waals surface area contributed by atoms with Gasteiger partial charge in [0.25, 0.3) is 0 Å². The standard InChI is InChI=1S/C10H13NO2/c1-3-9-8(10(12)13)6-5-7-11(9)4-2/h5-7H,3-4H2,1-2H3/p+1. The first-order valence-corrected chi connectivity index (χ1v) is 4.45. The lowest BCUT2D eigenvalue weighted by Crippen LogP contribution is -2.38. The highest BCUT2D eigenvalue weighted by Gasteiger charge is 2.17. The molecule has 3 nitrogen and oxygen atoms in total. The molecule has 0 unspecified atom stereocenters. The van der Waals surface area contributed by atoms with E-state index in [-0.39, 0.29) is 0 Å². The maximum atomic E-state index is 10.8. The van der Waals surface area contributed by atoms with Gasteiger partial charge in [0.05, 0.1) is 0 Å². The largest absolute Gasteiger partial charge is 0.477 e. The van der Waals surface area contributed by atoms with Gasteiger partial charge in [0, 0.05) is 12.5 Å². The smallest absolute Gasteiger partial charge is 0.342 e. The fraction of sp³-hybridized carbons (Fsp3) is 0.400. The van der Waals surface area contributed by atoms with Crippen molar-refractivity contribution >= 4 is 5.97 Å². The minimum atomic E-state index is -0.848. The molecular formula is C10H14NO2+. The number of hydrogen-bond acceptors (Lipinski definition) is 1. The second kappa shape index (κ2) is 4.03. The molecule has 70 valence electrons. The molecule has 0 aliphatic rings. The number of carboxylic acids is 1. The fourth-order valence-electron chi connectivity index (χ4n) is 1.47. The van der Waals surface area contributed by atoms with Crippen LogP contribution in [0.2, 0.25) is 0 Å². The van der Waals surface area contributed by atoms with Gasteiger partial charge in [-0.3, -0.25) is 0 Å². The van der Waals surface area contributed by atoms with Gasteiger partial charge in [-0.1, -0.05) is 6.92 Å². The van der Waals surface area contributed by atoms with E-state index in [2.05, 4.69) is 0 Å². The van der Waals surface area contributed by atoms with E-state index in [9.17, 15) is 4.79 Å². The van der Waals surface area contributed by atoms with E-state index >= 15 is 0 Å². The molecule has 0 aliphatic carbocycles. The van der Waals surface area contributed by atoms with Crippen molar-refractivity contribution in [3.05, 3.63) is 29.6 Å². The number of carbonyl (C=O) groups is 1. The topological polar surface area (TPSA) is 41.2 Å². The zero-order valence-corrected chi connectivity index (χ0v) is 7.95. The van der Waals surface area contributed by atoms with E-state index < -0.39 is 5.97 Å². The number of nitrogens with zero attached hydrogens (tertiary/aromatic N) is 1. The molecule has 1 aromatic rings. The predicted molar refractivity (Wildman–Crippen MR) is 48.6 cm³/mol. The van der Waals surface area contributed by atoms with Gasteiger partial charge in [-0.2, -0.15) is 0 Å². The Bertz CT molecular complexity index is 321. The van der Waals surface area contributed by atoms with Crippen LogP contribution in [0.25, 0.3) is 0 Å². The summed E-state index contributed by atoms with van der Waals surface area (Å²) in [6.45, 7) is 4.78. The van der Waals surface area contributed by atoms with Crippen LogP contribution in [0.1, 0.15) is 29.9 Å². The number of carboxylic acid groups (broad SMARTS) is 1. The van der Waals surface area contributed by atoms with Gasteiger partial charge in [-0.15, -0.1) is 0 Å². The first-order valence-electron chi connectivity index (χ1n) is 4.45. The SMILES string of the molecule is CCc1c(C(=O)O)ccc[n+]1CC. The number of aromatic carboxylic acids is 1. The maximum absolute atomic E-state index is 10.8. The van der Waals surface area contributed by atoms with Crippen molar-refractivity contribution in [3.8, 4) is 0 Å². The van der Waals surface area contributed by atoms with Crippen LogP contribution in [0.3, 0.4) is 0 Å². The molecular weight excluding hydrogens is 166 g/mol. The summed E-state index contributed by atoms with van der Waals surface area (Å²) in [5.74, 6) is -0.848. The quantitative estimate of drug-likeness (QED) is 0.711. The Morgan fingerprint density at radius 2 is 2.23 bits per heavy atom. The second-order valence-corrected chi connectivity index (χ2v) is 2.81. The van der Waals surface area contributed by atoms with E-state index in [1.807, 2.05) is 24.6 Å². The summed E-state index contributed by atoms with van der Waals surface area (Å²) >= 11 is 0. The monoisotopic (exact) mass is 180 g/mol. The summed E-state index contributed by atoms with van der Waals surface area (Å²) in [6.07, 6.45) is 2.65. The maximum Gasteiger partial charge on any atom is 0.342 e. The Labute approximate surface area is 77.6 Å². The molecule has 1 heterocycles. The molecule has 1 rings (SSSR count). The van der Waals surface area contributed by atoms with Crippen molar-refractivity contribution in [2.45, 2.75) is 26.8 Å². The Kier molecular flexibility index (Phi) is 3.01. The van der Waals surface area contributed by atoms with Gasteiger partial charge in [0.15, 0.2) is 11.9 Å². The summed E-state index contributed by atoms with van der Waals surface area (Å²) in [6, 6.07) is 3.42. The Morgan fingerprint density at radius 1 is 1.54 bits per heavy atom. The van der Waals surface area contributed by atoms with E-state index in [0.29, 0.717) is 5.56 Å². The van der Waals surface area contributed by atoms with E-state index in [4.69, 9.17) is 5.11 Å². The molecule has 0 saturated carbocycles. The first-order chi connectivity index (χ1) is 6.20. The van der Waals surface area contributed by atoms with Gasteiger partial charge in [0.2, 0.25) is 0 Å². The molecule has 13 heavy (non-hydrogen) atoms. The minimum Gasteiger partial charge on any atom is -0.477 e.